The van der Waals surface area contributed by atoms with Crippen LogP contribution in [0.2, 0.25) is 0 Å². The second-order valence-electron chi connectivity index (χ2n) is 5.02. The summed E-state index contributed by atoms with van der Waals surface area (Å²) in [6.07, 6.45) is 1.84. The summed E-state index contributed by atoms with van der Waals surface area (Å²) < 4.78 is 10.2. The summed E-state index contributed by atoms with van der Waals surface area (Å²) in [5, 5.41) is 15.7. The number of unbranched alkanes of at least 4 members (excludes halogenated alkanes) is 1. The van der Waals surface area contributed by atoms with E-state index in [2.05, 4.69) is 13.8 Å². The van der Waals surface area contributed by atoms with Gasteiger partial charge in [-0.1, -0.05) is 0 Å². The SMILES string of the molecule is CC(=O)CC(=O)O.CC(=O)CC(=O)O.CC(C)OCCCC[O][Ti]. The van der Waals surface area contributed by atoms with Gasteiger partial charge in [0.2, 0.25) is 0 Å². The number of aliphatic carboxylic acids is 2. The van der Waals surface area contributed by atoms with Gasteiger partial charge in [-0.3, -0.25) is 19.2 Å². The minimum atomic E-state index is -1.06. The second kappa shape index (κ2) is 20.0. The van der Waals surface area contributed by atoms with Gasteiger partial charge >= 0.3 is 86.8 Å². The third-order valence-electron chi connectivity index (χ3n) is 1.89. The Labute approximate surface area is 154 Å². The average molecular weight is 383 g/mol. The van der Waals surface area contributed by atoms with Gasteiger partial charge in [-0.15, -0.1) is 0 Å². The normalized spacial score (nSPS) is 9.17. The van der Waals surface area contributed by atoms with Crippen LogP contribution in [0.1, 0.15) is 53.4 Å². The maximum atomic E-state index is 9.87. The van der Waals surface area contributed by atoms with E-state index in [1.165, 1.54) is 13.8 Å². The molecular formula is C15H27O8Ti. The molecule has 0 rings (SSSR count). The summed E-state index contributed by atoms with van der Waals surface area (Å²) in [5.41, 5.74) is 0. The second-order valence-corrected chi connectivity index (χ2v) is 5.47. The molecule has 0 heterocycles. The first-order valence-corrected chi connectivity index (χ1v) is 7.99. The molecule has 9 heteroatoms. The molecule has 0 unspecified atom stereocenters. The van der Waals surface area contributed by atoms with E-state index in [1.807, 2.05) is 0 Å². The van der Waals surface area contributed by atoms with Gasteiger partial charge in [0, 0.05) is 0 Å². The molecule has 0 fully saturated rings. The van der Waals surface area contributed by atoms with Gasteiger partial charge in [-0.05, 0) is 13.8 Å². The molecule has 0 spiro atoms. The van der Waals surface area contributed by atoms with Gasteiger partial charge in [0.1, 0.15) is 24.4 Å². The number of hydrogen-bond donors (Lipinski definition) is 2. The Morgan fingerprint density at radius 1 is 0.875 bits per heavy atom. The molecule has 0 saturated carbocycles. The zero-order valence-corrected chi connectivity index (χ0v) is 16.2. The predicted octanol–water partition coefficient (Wildman–Crippen LogP) is 1.77. The van der Waals surface area contributed by atoms with Crippen molar-refractivity contribution >= 4 is 23.5 Å². The molecule has 0 aliphatic carbocycles. The fraction of sp³-hybridized carbons (Fsp3) is 0.733. The summed E-state index contributed by atoms with van der Waals surface area (Å²) in [5.74, 6) is -2.75. The average Bonchev–Trinajstić information content (AvgIpc) is 2.36. The van der Waals surface area contributed by atoms with E-state index in [0.717, 1.165) is 26.1 Å². The van der Waals surface area contributed by atoms with Gasteiger partial charge < -0.3 is 10.2 Å². The van der Waals surface area contributed by atoms with Crippen LogP contribution >= 0.6 is 0 Å². The van der Waals surface area contributed by atoms with Gasteiger partial charge in [0.15, 0.2) is 0 Å². The molecule has 24 heavy (non-hydrogen) atoms. The molecule has 0 amide bonds. The van der Waals surface area contributed by atoms with Crippen molar-refractivity contribution in [2.45, 2.75) is 59.5 Å². The van der Waals surface area contributed by atoms with Crippen molar-refractivity contribution in [3.63, 3.8) is 0 Å². The first-order chi connectivity index (χ1) is 11.0. The molecule has 8 nitrogen and oxygen atoms in total. The zero-order valence-electron chi connectivity index (χ0n) is 14.7. The van der Waals surface area contributed by atoms with Crippen molar-refractivity contribution in [3.8, 4) is 0 Å². The molecule has 0 radical (unpaired) electrons. The maximum absolute atomic E-state index is 9.87. The zero-order chi connectivity index (χ0) is 19.5. The van der Waals surface area contributed by atoms with E-state index in [0.29, 0.717) is 6.10 Å². The quantitative estimate of drug-likeness (QED) is 0.332. The minimum absolute atomic E-state index is 0.312. The first-order valence-electron chi connectivity index (χ1n) is 7.35. The molecule has 0 aromatic heterocycles. The summed E-state index contributed by atoms with van der Waals surface area (Å²) in [6.45, 7) is 8.30. The van der Waals surface area contributed by atoms with Crippen molar-refractivity contribution in [2.24, 2.45) is 0 Å². The number of carboxylic acids is 2. The number of carbonyl (C=O) groups excluding carboxylic acids is 2. The van der Waals surface area contributed by atoms with Gasteiger partial charge in [0.25, 0.3) is 0 Å². The van der Waals surface area contributed by atoms with Crippen LogP contribution < -0.4 is 0 Å². The van der Waals surface area contributed by atoms with Crippen molar-refractivity contribution in [1.82, 2.24) is 0 Å². The Kier molecular flexibility index (Phi) is 23.1. The third kappa shape index (κ3) is 42.8. The summed E-state index contributed by atoms with van der Waals surface area (Å²) in [4.78, 5) is 38.9. The molecule has 0 atom stereocenters. The summed E-state index contributed by atoms with van der Waals surface area (Å²) >= 11 is 1.73. The number of ether oxygens (including phenoxy) is 1. The molecule has 0 aliphatic heterocycles. The Balaban J connectivity index is -0.000000283. The molecule has 0 saturated heterocycles. The Hall–Kier alpha value is -1.09. The van der Waals surface area contributed by atoms with E-state index < -0.39 is 11.9 Å². The predicted molar refractivity (Wildman–Crippen MR) is 82.1 cm³/mol. The molecule has 0 aromatic carbocycles. The molecule has 0 aromatic rings. The fourth-order valence-corrected chi connectivity index (χ4v) is 1.25. The van der Waals surface area contributed by atoms with Gasteiger partial charge in [-0.25, -0.2) is 0 Å². The van der Waals surface area contributed by atoms with Crippen LogP contribution in [0, 0.1) is 0 Å². The van der Waals surface area contributed by atoms with Gasteiger partial charge in [0.05, 0.1) is 0 Å². The van der Waals surface area contributed by atoms with E-state index in [1.54, 1.807) is 20.8 Å². The van der Waals surface area contributed by atoms with Crippen LogP contribution in [0.3, 0.4) is 0 Å². The van der Waals surface area contributed by atoms with E-state index >= 15 is 0 Å². The standard InChI is InChI=1S/C7H15O2.2C4H6O3.Ti/c1-7(2)9-6-4-3-5-8;2*1-3(5)2-4(6)7;/h7H,3-6H2,1-2H3;2*2H2,1H3,(H,6,7);/q-1;;;+1. The topological polar surface area (TPSA) is 127 Å². The monoisotopic (exact) mass is 383 g/mol. The first kappa shape index (κ1) is 27.7. The van der Waals surface area contributed by atoms with Crippen LogP contribution in [-0.2, 0) is 48.1 Å². The van der Waals surface area contributed by atoms with Crippen LogP contribution in [0.4, 0.5) is 0 Å². The molecular weight excluding hydrogens is 356 g/mol. The van der Waals surface area contributed by atoms with Crippen LogP contribution in [0.25, 0.3) is 0 Å². The molecule has 139 valence electrons. The van der Waals surface area contributed by atoms with Crippen molar-refractivity contribution in [1.29, 1.82) is 0 Å². The van der Waals surface area contributed by atoms with Gasteiger partial charge in [-0.2, -0.15) is 0 Å². The fourth-order valence-electron chi connectivity index (χ4n) is 1.02. The Morgan fingerprint density at radius 2 is 1.25 bits per heavy atom. The van der Waals surface area contributed by atoms with Crippen LogP contribution in [0.5, 0.6) is 0 Å². The van der Waals surface area contributed by atoms with Crippen molar-refractivity contribution in [2.75, 3.05) is 13.2 Å². The number of Topliss-reactive ketones (excluding diaryl/α,β-unsaturated/α-hetero) is 2. The van der Waals surface area contributed by atoms with Crippen LogP contribution in [0.15, 0.2) is 0 Å². The Morgan fingerprint density at radius 3 is 1.46 bits per heavy atom. The van der Waals surface area contributed by atoms with E-state index in [9.17, 15) is 19.2 Å². The number of hydrogen-bond acceptors (Lipinski definition) is 6. The summed E-state index contributed by atoms with van der Waals surface area (Å²) in [7, 11) is 0. The number of rotatable bonds is 10. The van der Waals surface area contributed by atoms with E-state index in [4.69, 9.17) is 18.3 Å². The van der Waals surface area contributed by atoms with Crippen LogP contribution in [-0.4, -0.2) is 53.0 Å². The molecule has 0 bridgehead atoms. The molecule has 0 aliphatic rings. The number of carboxylic acid groups (broad SMARTS) is 2. The molecule has 2 N–H and O–H groups in total. The number of carbonyl (C=O) groups is 4. The Bertz CT molecular complexity index is 318. The van der Waals surface area contributed by atoms with E-state index in [-0.39, 0.29) is 24.4 Å². The number of ketones is 2. The summed E-state index contributed by atoms with van der Waals surface area (Å²) in [6, 6.07) is 0. The van der Waals surface area contributed by atoms with Crippen molar-refractivity contribution < 1.29 is 58.3 Å². The van der Waals surface area contributed by atoms with Crippen molar-refractivity contribution in [3.05, 3.63) is 0 Å². The third-order valence-corrected chi connectivity index (χ3v) is 2.21.